The van der Waals surface area contributed by atoms with Crippen molar-refractivity contribution < 1.29 is 0 Å². The summed E-state index contributed by atoms with van der Waals surface area (Å²) < 4.78 is 0. The number of aromatic nitrogens is 2. The number of H-pyrrole nitrogens is 1. The van der Waals surface area contributed by atoms with Crippen molar-refractivity contribution in [2.75, 3.05) is 5.73 Å². The van der Waals surface area contributed by atoms with E-state index in [1.54, 1.807) is 6.20 Å². The Morgan fingerprint density at radius 2 is 2.00 bits per heavy atom. The smallest absolute Gasteiger partial charge is 0.197 e. The molecule has 72 valence electrons. The summed E-state index contributed by atoms with van der Waals surface area (Å²) in [5.74, 6) is 0.781. The molecule has 3 heteroatoms. The first kappa shape index (κ1) is 8.81. The summed E-state index contributed by atoms with van der Waals surface area (Å²) in [6, 6.07) is 10.3. The molecule has 0 amide bonds. The molecule has 0 spiro atoms. The molecule has 14 heavy (non-hydrogen) atoms. The fraction of sp³-hybridized carbons (Fsp3) is 0.182. The lowest BCUT2D eigenvalue weighted by molar-refractivity contribution is 0.884. The summed E-state index contributed by atoms with van der Waals surface area (Å²) in [6.45, 7) is 2.13. The summed E-state index contributed by atoms with van der Waals surface area (Å²) in [4.78, 5) is 7.03. The molecule has 1 unspecified atom stereocenters. The zero-order valence-electron chi connectivity index (χ0n) is 8.07. The Morgan fingerprint density at radius 1 is 1.29 bits per heavy atom. The van der Waals surface area contributed by atoms with E-state index < -0.39 is 0 Å². The lowest BCUT2D eigenvalue weighted by atomic mass is 9.99. The third-order valence-electron chi connectivity index (χ3n) is 2.38. The summed E-state index contributed by atoms with van der Waals surface area (Å²) in [5, 5.41) is 0. The van der Waals surface area contributed by atoms with Gasteiger partial charge in [0.2, 0.25) is 0 Å². The Kier molecular flexibility index (Phi) is 2.23. The van der Waals surface area contributed by atoms with Crippen LogP contribution in [0.25, 0.3) is 0 Å². The maximum Gasteiger partial charge on any atom is 0.197 e. The molecular weight excluding hydrogens is 174 g/mol. The Labute approximate surface area is 83.0 Å². The lowest BCUT2D eigenvalue weighted by Crippen LogP contribution is -1.96. The van der Waals surface area contributed by atoms with Crippen LogP contribution in [0, 0.1) is 0 Å². The molecule has 3 N–H and O–H groups in total. The largest absolute Gasteiger partial charge is 0.369 e. The standard InChI is InChI=1S/C11H13N3/c1-8(9-5-3-2-4-6-9)10-7-13-11(12)14-10/h2-8H,1H3,(H3,12,13,14). The first-order valence-electron chi connectivity index (χ1n) is 4.62. The average molecular weight is 187 g/mol. The molecule has 3 nitrogen and oxygen atoms in total. The van der Waals surface area contributed by atoms with Crippen molar-refractivity contribution >= 4 is 5.95 Å². The minimum atomic E-state index is 0.306. The molecular formula is C11H13N3. The average Bonchev–Trinajstić information content (AvgIpc) is 2.65. The van der Waals surface area contributed by atoms with Crippen molar-refractivity contribution in [3.8, 4) is 0 Å². The van der Waals surface area contributed by atoms with Crippen molar-refractivity contribution in [2.24, 2.45) is 0 Å². The van der Waals surface area contributed by atoms with Crippen molar-refractivity contribution in [3.05, 3.63) is 47.8 Å². The number of nitrogens with two attached hydrogens (primary N) is 1. The number of nitrogens with zero attached hydrogens (tertiary/aromatic N) is 1. The number of aromatic amines is 1. The first-order chi connectivity index (χ1) is 6.77. The molecule has 0 aliphatic heterocycles. The summed E-state index contributed by atoms with van der Waals surface area (Å²) in [6.07, 6.45) is 1.78. The second kappa shape index (κ2) is 3.54. The highest BCUT2D eigenvalue weighted by Gasteiger charge is 2.09. The highest BCUT2D eigenvalue weighted by Crippen LogP contribution is 2.22. The van der Waals surface area contributed by atoms with E-state index in [0.717, 1.165) is 5.69 Å². The number of hydrogen-bond donors (Lipinski definition) is 2. The molecule has 0 saturated heterocycles. The van der Waals surface area contributed by atoms with Crippen LogP contribution in [0.5, 0.6) is 0 Å². The highest BCUT2D eigenvalue weighted by atomic mass is 15.0. The fourth-order valence-electron chi connectivity index (χ4n) is 1.49. The second-order valence-corrected chi connectivity index (χ2v) is 3.36. The summed E-state index contributed by atoms with van der Waals surface area (Å²) in [7, 11) is 0. The first-order valence-corrected chi connectivity index (χ1v) is 4.62. The van der Waals surface area contributed by atoms with E-state index in [1.807, 2.05) is 18.2 Å². The van der Waals surface area contributed by atoms with Crippen LogP contribution in [-0.2, 0) is 0 Å². The Morgan fingerprint density at radius 3 is 2.57 bits per heavy atom. The van der Waals surface area contributed by atoms with Crippen molar-refractivity contribution in [1.82, 2.24) is 9.97 Å². The van der Waals surface area contributed by atoms with Gasteiger partial charge in [0, 0.05) is 11.6 Å². The number of anilines is 1. The van der Waals surface area contributed by atoms with Gasteiger partial charge in [-0.25, -0.2) is 4.98 Å². The number of nitrogen functional groups attached to an aromatic ring is 1. The summed E-state index contributed by atoms with van der Waals surface area (Å²) in [5.41, 5.74) is 7.84. The van der Waals surface area contributed by atoms with Gasteiger partial charge >= 0.3 is 0 Å². The molecule has 0 bridgehead atoms. The van der Waals surface area contributed by atoms with Crippen molar-refractivity contribution in [3.63, 3.8) is 0 Å². The van der Waals surface area contributed by atoms with Crippen LogP contribution in [0.4, 0.5) is 5.95 Å². The molecule has 0 fully saturated rings. The molecule has 0 aliphatic carbocycles. The Bertz CT molecular complexity index is 405. The van der Waals surface area contributed by atoms with E-state index in [1.165, 1.54) is 5.56 Å². The van der Waals surface area contributed by atoms with E-state index in [9.17, 15) is 0 Å². The van der Waals surface area contributed by atoms with Gasteiger partial charge in [0.1, 0.15) is 0 Å². The highest BCUT2D eigenvalue weighted by molar-refractivity contribution is 5.29. The van der Waals surface area contributed by atoms with Crippen molar-refractivity contribution in [1.29, 1.82) is 0 Å². The third-order valence-corrected chi connectivity index (χ3v) is 2.38. The van der Waals surface area contributed by atoms with E-state index in [-0.39, 0.29) is 0 Å². The van der Waals surface area contributed by atoms with E-state index in [2.05, 4.69) is 29.0 Å². The lowest BCUT2D eigenvalue weighted by Gasteiger charge is -2.08. The fourth-order valence-corrected chi connectivity index (χ4v) is 1.49. The minimum absolute atomic E-state index is 0.306. The summed E-state index contributed by atoms with van der Waals surface area (Å²) >= 11 is 0. The van der Waals surface area contributed by atoms with E-state index in [4.69, 9.17) is 5.73 Å². The quantitative estimate of drug-likeness (QED) is 0.756. The van der Waals surface area contributed by atoms with Gasteiger partial charge in [-0.2, -0.15) is 0 Å². The number of rotatable bonds is 2. The second-order valence-electron chi connectivity index (χ2n) is 3.36. The van der Waals surface area contributed by atoms with Crippen LogP contribution < -0.4 is 5.73 Å². The van der Waals surface area contributed by atoms with Crippen molar-refractivity contribution in [2.45, 2.75) is 12.8 Å². The normalized spacial score (nSPS) is 12.6. The van der Waals surface area contributed by atoms with Gasteiger partial charge in [0.15, 0.2) is 5.95 Å². The zero-order valence-corrected chi connectivity index (χ0v) is 8.07. The number of imidazole rings is 1. The number of benzene rings is 1. The number of hydrogen-bond acceptors (Lipinski definition) is 2. The molecule has 1 heterocycles. The van der Waals surface area contributed by atoms with E-state index >= 15 is 0 Å². The molecule has 2 rings (SSSR count). The molecule has 1 aromatic carbocycles. The molecule has 1 atom stereocenters. The topological polar surface area (TPSA) is 54.7 Å². The number of nitrogens with one attached hydrogen (secondary N) is 1. The van der Waals surface area contributed by atoms with Gasteiger partial charge < -0.3 is 10.7 Å². The van der Waals surface area contributed by atoms with Crippen LogP contribution in [0.15, 0.2) is 36.5 Å². The predicted molar refractivity (Wildman–Crippen MR) is 57.0 cm³/mol. The van der Waals surface area contributed by atoms with Gasteiger partial charge in [-0.1, -0.05) is 37.3 Å². The Balaban J connectivity index is 2.29. The monoisotopic (exact) mass is 187 g/mol. The Hall–Kier alpha value is -1.77. The van der Waals surface area contributed by atoms with Gasteiger partial charge in [-0.15, -0.1) is 0 Å². The van der Waals surface area contributed by atoms with Gasteiger partial charge in [0.25, 0.3) is 0 Å². The molecule has 0 saturated carbocycles. The maximum atomic E-state index is 5.53. The zero-order chi connectivity index (χ0) is 9.97. The molecule has 2 aromatic rings. The predicted octanol–water partition coefficient (Wildman–Crippen LogP) is 2.14. The maximum absolute atomic E-state index is 5.53. The molecule has 1 aromatic heterocycles. The van der Waals surface area contributed by atoms with Crippen LogP contribution in [0.2, 0.25) is 0 Å². The van der Waals surface area contributed by atoms with Crippen LogP contribution in [0.3, 0.4) is 0 Å². The third kappa shape index (κ3) is 1.62. The minimum Gasteiger partial charge on any atom is -0.369 e. The van der Waals surface area contributed by atoms with Crippen LogP contribution in [-0.4, -0.2) is 9.97 Å². The van der Waals surface area contributed by atoms with Crippen LogP contribution in [0.1, 0.15) is 24.1 Å². The van der Waals surface area contributed by atoms with E-state index in [0.29, 0.717) is 11.9 Å². The van der Waals surface area contributed by atoms with Gasteiger partial charge in [-0.3, -0.25) is 0 Å². The molecule has 0 radical (unpaired) electrons. The van der Waals surface area contributed by atoms with Crippen LogP contribution >= 0.6 is 0 Å². The molecule has 0 aliphatic rings. The van der Waals surface area contributed by atoms with Gasteiger partial charge in [0.05, 0.1) is 6.20 Å². The SMILES string of the molecule is CC(c1ccccc1)c1cnc(N)[nH]1. The van der Waals surface area contributed by atoms with Gasteiger partial charge in [-0.05, 0) is 5.56 Å².